The SMILES string of the molecule is O=CC(c1ccc(C(F)(F)F)c(F)c1)C1CCCC1. The van der Waals surface area contributed by atoms with Gasteiger partial charge in [0, 0.05) is 5.92 Å². The van der Waals surface area contributed by atoms with E-state index < -0.39 is 23.5 Å². The molecule has 1 atom stereocenters. The summed E-state index contributed by atoms with van der Waals surface area (Å²) in [5, 5.41) is 0. The van der Waals surface area contributed by atoms with Crippen molar-refractivity contribution in [2.75, 3.05) is 0 Å². The van der Waals surface area contributed by atoms with Crippen LogP contribution in [0.1, 0.15) is 42.7 Å². The monoisotopic (exact) mass is 274 g/mol. The number of hydrogen-bond donors (Lipinski definition) is 0. The molecule has 0 aromatic heterocycles. The number of halogens is 4. The number of benzene rings is 1. The summed E-state index contributed by atoms with van der Waals surface area (Å²) in [4.78, 5) is 11.1. The number of rotatable bonds is 3. The Morgan fingerprint density at radius 2 is 1.84 bits per heavy atom. The van der Waals surface area contributed by atoms with E-state index in [-0.39, 0.29) is 5.92 Å². The summed E-state index contributed by atoms with van der Waals surface area (Å²) in [6.07, 6.45) is -0.223. The van der Waals surface area contributed by atoms with Crippen LogP contribution in [0.4, 0.5) is 17.6 Å². The van der Waals surface area contributed by atoms with Crippen molar-refractivity contribution in [2.24, 2.45) is 5.92 Å². The zero-order valence-corrected chi connectivity index (χ0v) is 10.2. The molecule has 1 aromatic carbocycles. The van der Waals surface area contributed by atoms with Gasteiger partial charge in [-0.1, -0.05) is 18.9 Å². The quantitative estimate of drug-likeness (QED) is 0.592. The Kier molecular flexibility index (Phi) is 3.92. The normalized spacial score (nSPS) is 18.5. The Hall–Kier alpha value is -1.39. The first-order valence-electron chi connectivity index (χ1n) is 6.25. The third-order valence-electron chi connectivity index (χ3n) is 3.74. The van der Waals surface area contributed by atoms with Crippen LogP contribution in [0.5, 0.6) is 0 Å². The topological polar surface area (TPSA) is 17.1 Å². The van der Waals surface area contributed by atoms with E-state index in [4.69, 9.17) is 0 Å². The Labute approximate surface area is 108 Å². The minimum absolute atomic E-state index is 0.119. The van der Waals surface area contributed by atoms with Gasteiger partial charge in [0.25, 0.3) is 0 Å². The van der Waals surface area contributed by atoms with Crippen LogP contribution < -0.4 is 0 Å². The Bertz CT molecular complexity index is 461. The van der Waals surface area contributed by atoms with E-state index in [1.54, 1.807) is 0 Å². The van der Waals surface area contributed by atoms with Gasteiger partial charge in [0.1, 0.15) is 12.1 Å². The van der Waals surface area contributed by atoms with E-state index in [1.165, 1.54) is 6.07 Å². The molecule has 0 saturated heterocycles. The maximum atomic E-state index is 13.5. The summed E-state index contributed by atoms with van der Waals surface area (Å²) in [6.45, 7) is 0. The lowest BCUT2D eigenvalue weighted by Crippen LogP contribution is -2.13. The van der Waals surface area contributed by atoms with Crippen LogP contribution in [-0.2, 0) is 11.0 Å². The zero-order valence-electron chi connectivity index (χ0n) is 10.2. The molecule has 1 saturated carbocycles. The van der Waals surface area contributed by atoms with Crippen molar-refractivity contribution in [2.45, 2.75) is 37.8 Å². The summed E-state index contributed by atoms with van der Waals surface area (Å²) >= 11 is 0. The predicted octanol–water partition coefficient (Wildman–Crippen LogP) is 4.32. The highest BCUT2D eigenvalue weighted by molar-refractivity contribution is 5.63. The Morgan fingerprint density at radius 1 is 1.21 bits per heavy atom. The summed E-state index contributed by atoms with van der Waals surface area (Å²) in [5.74, 6) is -1.69. The van der Waals surface area contributed by atoms with Gasteiger partial charge in [-0.2, -0.15) is 13.2 Å². The van der Waals surface area contributed by atoms with Gasteiger partial charge in [0.05, 0.1) is 5.56 Å². The van der Waals surface area contributed by atoms with Crippen LogP contribution in [0.3, 0.4) is 0 Å². The smallest absolute Gasteiger partial charge is 0.303 e. The van der Waals surface area contributed by atoms with Crippen LogP contribution in [0, 0.1) is 11.7 Å². The van der Waals surface area contributed by atoms with Crippen molar-refractivity contribution in [3.8, 4) is 0 Å². The lowest BCUT2D eigenvalue weighted by Gasteiger charge is -2.19. The van der Waals surface area contributed by atoms with Crippen LogP contribution in [0.2, 0.25) is 0 Å². The zero-order chi connectivity index (χ0) is 14.0. The van der Waals surface area contributed by atoms with Gasteiger partial charge in [-0.15, -0.1) is 0 Å². The maximum absolute atomic E-state index is 13.5. The standard InChI is InChI=1S/C14H14F4O/c15-13-7-10(5-6-12(13)14(16,17)18)11(8-19)9-3-1-2-4-9/h5-9,11H,1-4H2. The highest BCUT2D eigenvalue weighted by Crippen LogP contribution is 2.38. The lowest BCUT2D eigenvalue weighted by molar-refractivity contribution is -0.140. The third-order valence-corrected chi connectivity index (χ3v) is 3.74. The fraction of sp³-hybridized carbons (Fsp3) is 0.500. The number of alkyl halides is 3. The second-order valence-corrected chi connectivity index (χ2v) is 4.94. The molecule has 1 unspecified atom stereocenters. The highest BCUT2D eigenvalue weighted by Gasteiger charge is 2.35. The molecule has 1 nitrogen and oxygen atoms in total. The first-order chi connectivity index (χ1) is 8.93. The molecular formula is C14H14F4O. The van der Waals surface area contributed by atoms with Crippen LogP contribution >= 0.6 is 0 Å². The van der Waals surface area contributed by atoms with E-state index >= 15 is 0 Å². The second-order valence-electron chi connectivity index (χ2n) is 4.94. The van der Waals surface area contributed by atoms with Crippen LogP contribution in [-0.4, -0.2) is 6.29 Å². The van der Waals surface area contributed by atoms with Gasteiger partial charge in [-0.05, 0) is 36.5 Å². The van der Waals surface area contributed by atoms with Gasteiger partial charge < -0.3 is 4.79 Å². The molecule has 1 aromatic rings. The molecular weight excluding hydrogens is 260 g/mol. The van der Waals surface area contributed by atoms with E-state index in [1.807, 2.05) is 0 Å². The molecule has 19 heavy (non-hydrogen) atoms. The molecule has 104 valence electrons. The molecule has 0 spiro atoms. The summed E-state index contributed by atoms with van der Waals surface area (Å²) in [5.41, 5.74) is -0.945. The van der Waals surface area contributed by atoms with Crippen molar-refractivity contribution in [3.63, 3.8) is 0 Å². The highest BCUT2D eigenvalue weighted by atomic mass is 19.4. The molecule has 0 N–H and O–H groups in total. The second kappa shape index (κ2) is 5.31. The fourth-order valence-electron chi connectivity index (χ4n) is 2.75. The minimum atomic E-state index is -4.70. The molecule has 2 rings (SSSR count). The Balaban J connectivity index is 2.29. The lowest BCUT2D eigenvalue weighted by atomic mass is 9.85. The number of carbonyl (C=O) groups is 1. The number of carbonyl (C=O) groups excluding carboxylic acids is 1. The third kappa shape index (κ3) is 2.96. The summed E-state index contributed by atoms with van der Waals surface area (Å²) < 4.78 is 50.9. The van der Waals surface area contributed by atoms with E-state index in [0.29, 0.717) is 5.56 Å². The largest absolute Gasteiger partial charge is 0.419 e. The average Bonchev–Trinajstić information content (AvgIpc) is 2.82. The minimum Gasteiger partial charge on any atom is -0.303 e. The predicted molar refractivity (Wildman–Crippen MR) is 62.2 cm³/mol. The van der Waals surface area contributed by atoms with E-state index in [2.05, 4.69) is 0 Å². The van der Waals surface area contributed by atoms with E-state index in [0.717, 1.165) is 44.1 Å². The van der Waals surface area contributed by atoms with Crippen molar-refractivity contribution in [1.29, 1.82) is 0 Å². The van der Waals surface area contributed by atoms with Gasteiger partial charge >= 0.3 is 6.18 Å². The summed E-state index contributed by atoms with van der Waals surface area (Å²) in [6, 6.07) is 2.78. The average molecular weight is 274 g/mol. The maximum Gasteiger partial charge on any atom is 0.419 e. The van der Waals surface area contributed by atoms with Gasteiger partial charge in [0.15, 0.2) is 0 Å². The van der Waals surface area contributed by atoms with Gasteiger partial charge in [0.2, 0.25) is 0 Å². The van der Waals surface area contributed by atoms with Gasteiger partial charge in [-0.25, -0.2) is 4.39 Å². The molecule has 5 heteroatoms. The Morgan fingerprint density at radius 3 is 2.32 bits per heavy atom. The van der Waals surface area contributed by atoms with Crippen molar-refractivity contribution in [1.82, 2.24) is 0 Å². The number of hydrogen-bond acceptors (Lipinski definition) is 1. The molecule has 1 aliphatic rings. The van der Waals surface area contributed by atoms with E-state index in [9.17, 15) is 22.4 Å². The first kappa shape index (κ1) is 14.0. The molecule has 0 radical (unpaired) electrons. The van der Waals surface area contributed by atoms with Crippen molar-refractivity contribution in [3.05, 3.63) is 35.1 Å². The molecule has 0 heterocycles. The molecule has 0 aliphatic heterocycles. The molecule has 1 fully saturated rings. The molecule has 0 bridgehead atoms. The van der Waals surface area contributed by atoms with Crippen LogP contribution in [0.25, 0.3) is 0 Å². The molecule has 1 aliphatic carbocycles. The number of aldehydes is 1. The van der Waals surface area contributed by atoms with Crippen molar-refractivity contribution >= 4 is 6.29 Å². The van der Waals surface area contributed by atoms with Gasteiger partial charge in [-0.3, -0.25) is 0 Å². The first-order valence-corrected chi connectivity index (χ1v) is 6.25. The summed E-state index contributed by atoms with van der Waals surface area (Å²) in [7, 11) is 0. The van der Waals surface area contributed by atoms with Crippen molar-refractivity contribution < 1.29 is 22.4 Å². The molecule has 0 amide bonds. The van der Waals surface area contributed by atoms with Crippen LogP contribution in [0.15, 0.2) is 18.2 Å². The fourth-order valence-corrected chi connectivity index (χ4v) is 2.75.